The molecule has 5 nitrogen and oxygen atoms in total. The van der Waals surface area contributed by atoms with Crippen LogP contribution < -0.4 is 20.7 Å². The maximum atomic E-state index is 10.7. The Labute approximate surface area is 81.8 Å². The van der Waals surface area contributed by atoms with E-state index in [1.165, 1.54) is 0 Å². The maximum absolute atomic E-state index is 10.7. The third kappa shape index (κ3) is 2.95. The highest BCUT2D eigenvalue weighted by atomic mass is 16.5. The third-order valence-electron chi connectivity index (χ3n) is 1.57. The summed E-state index contributed by atoms with van der Waals surface area (Å²) in [5.41, 5.74) is 1.97. The molecular formula is C9H12N2O3. The van der Waals surface area contributed by atoms with Gasteiger partial charge in [0.05, 0.1) is 7.11 Å². The van der Waals surface area contributed by atoms with Gasteiger partial charge in [0.25, 0.3) is 5.91 Å². The van der Waals surface area contributed by atoms with E-state index in [9.17, 15) is 4.79 Å². The molecule has 0 radical (unpaired) electrons. The number of nitrogens with one attached hydrogen (secondary N) is 1. The van der Waals surface area contributed by atoms with Gasteiger partial charge >= 0.3 is 0 Å². The van der Waals surface area contributed by atoms with E-state index in [1.54, 1.807) is 31.4 Å². The minimum atomic E-state index is -0.382. The first-order valence-electron chi connectivity index (χ1n) is 4.02. The number of carbonyl (C=O) groups excluding carboxylic acids is 1. The monoisotopic (exact) mass is 196 g/mol. The second-order valence-corrected chi connectivity index (χ2v) is 2.54. The number of amides is 1. The number of hydrazine groups is 1. The van der Waals surface area contributed by atoms with E-state index in [-0.39, 0.29) is 12.5 Å². The van der Waals surface area contributed by atoms with Crippen LogP contribution in [0.3, 0.4) is 0 Å². The summed E-state index contributed by atoms with van der Waals surface area (Å²) in [4.78, 5) is 10.7. The summed E-state index contributed by atoms with van der Waals surface area (Å²) in [5, 5.41) is 0. The molecule has 5 heteroatoms. The lowest BCUT2D eigenvalue weighted by atomic mass is 10.3. The topological polar surface area (TPSA) is 73.6 Å². The lowest BCUT2D eigenvalue weighted by Crippen LogP contribution is -2.34. The third-order valence-corrected chi connectivity index (χ3v) is 1.57. The van der Waals surface area contributed by atoms with E-state index in [2.05, 4.69) is 0 Å². The normalized spacial score (nSPS) is 9.29. The highest BCUT2D eigenvalue weighted by Crippen LogP contribution is 2.18. The summed E-state index contributed by atoms with van der Waals surface area (Å²) in [6, 6.07) is 6.97. The molecule has 0 fully saturated rings. The minimum absolute atomic E-state index is 0.107. The number of benzene rings is 1. The first-order chi connectivity index (χ1) is 6.76. The van der Waals surface area contributed by atoms with Gasteiger partial charge in [-0.05, 0) is 12.1 Å². The number of rotatable bonds is 4. The second kappa shape index (κ2) is 5.08. The largest absolute Gasteiger partial charge is 0.497 e. The van der Waals surface area contributed by atoms with Crippen molar-refractivity contribution < 1.29 is 14.3 Å². The van der Waals surface area contributed by atoms with E-state index >= 15 is 0 Å². The van der Waals surface area contributed by atoms with Gasteiger partial charge in [-0.25, -0.2) is 5.84 Å². The molecule has 0 atom stereocenters. The maximum Gasteiger partial charge on any atom is 0.271 e. The molecule has 0 unspecified atom stereocenters. The lowest BCUT2D eigenvalue weighted by Gasteiger charge is -2.06. The molecule has 0 bridgehead atoms. The molecule has 0 aromatic heterocycles. The number of carbonyl (C=O) groups is 1. The molecule has 0 heterocycles. The van der Waals surface area contributed by atoms with E-state index in [1.807, 2.05) is 5.43 Å². The SMILES string of the molecule is COc1cccc(OCC(=O)NN)c1. The van der Waals surface area contributed by atoms with Crippen molar-refractivity contribution >= 4 is 5.91 Å². The van der Waals surface area contributed by atoms with Crippen LogP contribution in [0.5, 0.6) is 11.5 Å². The zero-order valence-electron chi connectivity index (χ0n) is 7.82. The molecule has 0 saturated carbocycles. The van der Waals surface area contributed by atoms with Crippen molar-refractivity contribution in [3.8, 4) is 11.5 Å². The van der Waals surface area contributed by atoms with Gasteiger partial charge in [0.1, 0.15) is 11.5 Å². The van der Waals surface area contributed by atoms with Crippen LogP contribution in [0.4, 0.5) is 0 Å². The van der Waals surface area contributed by atoms with Crippen LogP contribution in [0.15, 0.2) is 24.3 Å². The van der Waals surface area contributed by atoms with Gasteiger partial charge in [-0.2, -0.15) is 0 Å². The van der Waals surface area contributed by atoms with Crippen LogP contribution in [0.25, 0.3) is 0 Å². The van der Waals surface area contributed by atoms with Gasteiger partial charge in [-0.1, -0.05) is 6.07 Å². The quantitative estimate of drug-likeness (QED) is 0.406. The molecule has 3 N–H and O–H groups in total. The molecular weight excluding hydrogens is 184 g/mol. The highest BCUT2D eigenvalue weighted by molar-refractivity contribution is 5.76. The molecule has 0 aliphatic heterocycles. The number of hydrogen-bond donors (Lipinski definition) is 2. The Balaban J connectivity index is 2.54. The van der Waals surface area contributed by atoms with Crippen molar-refractivity contribution in [1.82, 2.24) is 5.43 Å². The van der Waals surface area contributed by atoms with E-state index in [0.717, 1.165) is 0 Å². The van der Waals surface area contributed by atoms with E-state index in [0.29, 0.717) is 11.5 Å². The summed E-state index contributed by atoms with van der Waals surface area (Å²) in [6.45, 7) is -0.107. The zero-order valence-corrected chi connectivity index (χ0v) is 7.82. The molecule has 0 aliphatic rings. The minimum Gasteiger partial charge on any atom is -0.497 e. The Kier molecular flexibility index (Phi) is 3.75. The Morgan fingerprint density at radius 2 is 2.21 bits per heavy atom. The number of methoxy groups -OCH3 is 1. The van der Waals surface area contributed by atoms with E-state index in [4.69, 9.17) is 15.3 Å². The van der Waals surface area contributed by atoms with Gasteiger partial charge in [0.2, 0.25) is 0 Å². The van der Waals surface area contributed by atoms with Gasteiger partial charge in [-0.3, -0.25) is 10.2 Å². The highest BCUT2D eigenvalue weighted by Gasteiger charge is 2.00. The number of nitrogens with two attached hydrogens (primary N) is 1. The average molecular weight is 196 g/mol. The van der Waals surface area contributed by atoms with Crippen LogP contribution in [-0.4, -0.2) is 19.6 Å². The smallest absolute Gasteiger partial charge is 0.271 e. The van der Waals surface area contributed by atoms with Gasteiger partial charge in [-0.15, -0.1) is 0 Å². The van der Waals surface area contributed by atoms with Gasteiger partial charge in [0, 0.05) is 6.07 Å². The number of hydrogen-bond acceptors (Lipinski definition) is 4. The Morgan fingerprint density at radius 3 is 2.86 bits per heavy atom. The van der Waals surface area contributed by atoms with Crippen molar-refractivity contribution in [3.63, 3.8) is 0 Å². The van der Waals surface area contributed by atoms with Crippen molar-refractivity contribution in [1.29, 1.82) is 0 Å². The van der Waals surface area contributed by atoms with Crippen molar-refractivity contribution in [2.24, 2.45) is 5.84 Å². The Morgan fingerprint density at radius 1 is 1.50 bits per heavy atom. The fraction of sp³-hybridized carbons (Fsp3) is 0.222. The fourth-order valence-electron chi connectivity index (χ4n) is 0.882. The first kappa shape index (κ1) is 10.3. The van der Waals surface area contributed by atoms with Crippen LogP contribution in [0, 0.1) is 0 Å². The van der Waals surface area contributed by atoms with E-state index < -0.39 is 0 Å². The van der Waals surface area contributed by atoms with Crippen molar-refractivity contribution in [3.05, 3.63) is 24.3 Å². The first-order valence-corrected chi connectivity index (χ1v) is 4.02. The van der Waals surface area contributed by atoms with Crippen LogP contribution in [-0.2, 0) is 4.79 Å². The molecule has 1 aromatic carbocycles. The van der Waals surface area contributed by atoms with Gasteiger partial charge in [0.15, 0.2) is 6.61 Å². The summed E-state index contributed by atoms with van der Waals surface area (Å²) in [5.74, 6) is 5.75. The summed E-state index contributed by atoms with van der Waals surface area (Å²) in [7, 11) is 1.56. The van der Waals surface area contributed by atoms with Gasteiger partial charge < -0.3 is 9.47 Å². The average Bonchev–Trinajstić information content (AvgIpc) is 2.26. The molecule has 0 aliphatic carbocycles. The number of ether oxygens (including phenoxy) is 2. The zero-order chi connectivity index (χ0) is 10.4. The molecule has 14 heavy (non-hydrogen) atoms. The molecule has 1 amide bonds. The predicted octanol–water partition coefficient (Wildman–Crippen LogP) is 0.0639. The molecule has 0 spiro atoms. The Hall–Kier alpha value is -1.75. The second-order valence-electron chi connectivity index (χ2n) is 2.54. The summed E-state index contributed by atoms with van der Waals surface area (Å²) < 4.78 is 10.1. The van der Waals surface area contributed by atoms with Crippen molar-refractivity contribution in [2.45, 2.75) is 0 Å². The standard InChI is InChI=1S/C9H12N2O3/c1-13-7-3-2-4-8(5-7)14-6-9(12)11-10/h2-5H,6,10H2,1H3,(H,11,12). The predicted molar refractivity (Wildman–Crippen MR) is 50.8 cm³/mol. The lowest BCUT2D eigenvalue weighted by molar-refractivity contribution is -0.123. The summed E-state index contributed by atoms with van der Waals surface area (Å²) >= 11 is 0. The van der Waals surface area contributed by atoms with Crippen molar-refractivity contribution in [2.75, 3.05) is 13.7 Å². The van der Waals surface area contributed by atoms with Crippen LogP contribution in [0.1, 0.15) is 0 Å². The molecule has 1 rings (SSSR count). The van der Waals surface area contributed by atoms with Crippen LogP contribution >= 0.6 is 0 Å². The molecule has 1 aromatic rings. The molecule has 0 saturated heterocycles. The van der Waals surface area contributed by atoms with Crippen LogP contribution in [0.2, 0.25) is 0 Å². The Bertz CT molecular complexity index is 315. The fourth-order valence-corrected chi connectivity index (χ4v) is 0.882. The summed E-state index contributed by atoms with van der Waals surface area (Å²) in [6.07, 6.45) is 0. The molecule has 76 valence electrons.